The van der Waals surface area contributed by atoms with E-state index in [4.69, 9.17) is 8.94 Å². The molecule has 0 bridgehead atoms. The van der Waals surface area contributed by atoms with Crippen molar-refractivity contribution in [2.45, 2.75) is 38.4 Å². The topological polar surface area (TPSA) is 82.8 Å². The van der Waals surface area contributed by atoms with Crippen LogP contribution in [0.1, 0.15) is 26.2 Å². The van der Waals surface area contributed by atoms with Crippen molar-refractivity contribution in [3.05, 3.63) is 41.8 Å². The molecule has 4 aromatic rings. The van der Waals surface area contributed by atoms with Crippen molar-refractivity contribution < 1.29 is 8.94 Å². The molecule has 0 saturated heterocycles. The lowest BCUT2D eigenvalue weighted by Gasteiger charge is -2.11. The van der Waals surface area contributed by atoms with Gasteiger partial charge in [-0.15, -0.1) is 21.5 Å². The van der Waals surface area contributed by atoms with Crippen LogP contribution in [0.3, 0.4) is 0 Å². The fourth-order valence-electron chi connectivity index (χ4n) is 2.76. The van der Waals surface area contributed by atoms with Crippen LogP contribution in [0.2, 0.25) is 0 Å². The Morgan fingerprint density at radius 1 is 1.21 bits per heavy atom. The molecule has 7 nitrogen and oxygen atoms in total. The average molecular weight is 416 g/mol. The second-order valence-electron chi connectivity index (χ2n) is 6.73. The normalized spacial score (nSPS) is 11.5. The fourth-order valence-corrected chi connectivity index (χ4v) is 4.30. The lowest BCUT2D eigenvalue weighted by atomic mass is 10.2. The summed E-state index contributed by atoms with van der Waals surface area (Å²) in [5.41, 5.74) is 0. The molecule has 0 N–H and O–H groups in total. The predicted octanol–water partition coefficient (Wildman–Crippen LogP) is 5.03. The highest BCUT2D eigenvalue weighted by Crippen LogP contribution is 2.26. The largest absolute Gasteiger partial charge is 0.461 e. The Bertz CT molecular complexity index is 990. The van der Waals surface area contributed by atoms with Crippen LogP contribution in [-0.4, -0.2) is 30.7 Å². The van der Waals surface area contributed by atoms with Crippen molar-refractivity contribution in [1.29, 1.82) is 0 Å². The molecule has 4 aromatic heterocycles. The zero-order valence-electron chi connectivity index (χ0n) is 15.7. The Morgan fingerprint density at radius 2 is 2.14 bits per heavy atom. The number of thioether (sulfide) groups is 1. The third-order valence-corrected chi connectivity index (χ3v) is 5.90. The van der Waals surface area contributed by atoms with Crippen LogP contribution in [0.4, 0.5) is 0 Å². The van der Waals surface area contributed by atoms with Crippen LogP contribution in [0.15, 0.2) is 50.0 Å². The molecule has 0 aliphatic rings. The van der Waals surface area contributed by atoms with Gasteiger partial charge in [0.25, 0.3) is 0 Å². The predicted molar refractivity (Wildman–Crippen MR) is 109 cm³/mol. The van der Waals surface area contributed by atoms with Gasteiger partial charge in [0.15, 0.2) is 16.7 Å². The highest BCUT2D eigenvalue weighted by Gasteiger charge is 2.17. The summed E-state index contributed by atoms with van der Waals surface area (Å²) in [7, 11) is 0. The zero-order valence-corrected chi connectivity index (χ0v) is 17.4. The minimum Gasteiger partial charge on any atom is -0.461 e. The third kappa shape index (κ3) is 4.36. The number of hydrogen-bond acceptors (Lipinski definition) is 8. The summed E-state index contributed by atoms with van der Waals surface area (Å²) in [6.07, 6.45) is 3.32. The maximum Gasteiger partial charge on any atom is 0.227 e. The molecule has 0 unspecified atom stereocenters. The second kappa shape index (κ2) is 8.74. The third-order valence-electron chi connectivity index (χ3n) is 3.98. The van der Waals surface area contributed by atoms with Crippen molar-refractivity contribution in [2.75, 3.05) is 5.75 Å². The molecule has 0 atom stereocenters. The van der Waals surface area contributed by atoms with Crippen LogP contribution in [0.25, 0.3) is 22.3 Å². The van der Waals surface area contributed by atoms with E-state index in [9.17, 15) is 0 Å². The van der Waals surface area contributed by atoms with Crippen LogP contribution in [-0.2, 0) is 13.0 Å². The Balaban J connectivity index is 1.36. The van der Waals surface area contributed by atoms with Gasteiger partial charge < -0.3 is 8.94 Å². The molecule has 4 heterocycles. The van der Waals surface area contributed by atoms with E-state index in [-0.39, 0.29) is 0 Å². The average Bonchev–Trinajstić information content (AvgIpc) is 3.45. The summed E-state index contributed by atoms with van der Waals surface area (Å²) < 4.78 is 13.0. The van der Waals surface area contributed by atoms with Crippen LogP contribution in [0.5, 0.6) is 0 Å². The van der Waals surface area contributed by atoms with Crippen molar-refractivity contribution in [3.8, 4) is 22.3 Å². The molecule has 146 valence electrons. The van der Waals surface area contributed by atoms with E-state index >= 15 is 0 Å². The summed E-state index contributed by atoms with van der Waals surface area (Å²) >= 11 is 3.30. The van der Waals surface area contributed by atoms with E-state index in [1.165, 1.54) is 0 Å². The van der Waals surface area contributed by atoms with Crippen LogP contribution < -0.4 is 0 Å². The number of furan rings is 1. The van der Waals surface area contributed by atoms with Gasteiger partial charge >= 0.3 is 0 Å². The van der Waals surface area contributed by atoms with Crippen molar-refractivity contribution in [3.63, 3.8) is 0 Å². The molecule has 0 aliphatic heterocycles. The first-order valence-electron chi connectivity index (χ1n) is 9.17. The number of nitrogens with zero attached hydrogens (tertiary/aromatic N) is 5. The lowest BCUT2D eigenvalue weighted by Crippen LogP contribution is -2.07. The van der Waals surface area contributed by atoms with Gasteiger partial charge in [-0.25, -0.2) is 0 Å². The van der Waals surface area contributed by atoms with E-state index in [0.29, 0.717) is 17.6 Å². The number of rotatable bonds is 9. The van der Waals surface area contributed by atoms with Gasteiger partial charge in [-0.3, -0.25) is 4.57 Å². The second-order valence-corrected chi connectivity index (χ2v) is 8.74. The van der Waals surface area contributed by atoms with E-state index in [1.807, 2.05) is 29.6 Å². The van der Waals surface area contributed by atoms with Crippen LogP contribution >= 0.6 is 23.1 Å². The molecule has 0 saturated carbocycles. The first-order chi connectivity index (χ1) is 13.7. The van der Waals surface area contributed by atoms with Gasteiger partial charge in [0.1, 0.15) is 0 Å². The van der Waals surface area contributed by atoms with Gasteiger partial charge in [0, 0.05) is 18.7 Å². The number of aryl methyl sites for hydroxylation is 1. The monoisotopic (exact) mass is 415 g/mol. The molecular weight excluding hydrogens is 394 g/mol. The molecule has 0 spiro atoms. The van der Waals surface area contributed by atoms with Gasteiger partial charge in [-0.05, 0) is 35.9 Å². The van der Waals surface area contributed by atoms with E-state index in [0.717, 1.165) is 46.8 Å². The summed E-state index contributed by atoms with van der Waals surface area (Å²) in [5.74, 6) is 4.23. The van der Waals surface area contributed by atoms with Gasteiger partial charge in [-0.1, -0.05) is 36.8 Å². The molecule has 9 heteroatoms. The maximum atomic E-state index is 5.51. The minimum atomic E-state index is 0.484. The Kier molecular flexibility index (Phi) is 5.92. The fraction of sp³-hybridized carbons (Fsp3) is 0.368. The van der Waals surface area contributed by atoms with E-state index in [1.54, 1.807) is 29.4 Å². The standard InChI is InChI=1S/C19H21N5O2S2/c1-13(2)12-24-18(14-6-3-9-25-14)21-22-19(24)28-11-5-8-16-20-17(23-26-16)15-7-4-10-27-15/h3-4,6-7,9-10,13H,5,8,11-12H2,1-2H3. The van der Waals surface area contributed by atoms with Gasteiger partial charge in [-0.2, -0.15) is 4.98 Å². The summed E-state index contributed by atoms with van der Waals surface area (Å²) in [5, 5.41) is 15.7. The maximum absolute atomic E-state index is 5.51. The smallest absolute Gasteiger partial charge is 0.227 e. The first-order valence-corrected chi connectivity index (χ1v) is 11.0. The Labute approximate surface area is 171 Å². The van der Waals surface area contributed by atoms with Crippen molar-refractivity contribution >= 4 is 23.1 Å². The molecular formula is C19H21N5O2S2. The minimum absolute atomic E-state index is 0.484. The number of aromatic nitrogens is 5. The van der Waals surface area contributed by atoms with Gasteiger partial charge in [0.05, 0.1) is 11.1 Å². The quantitative estimate of drug-likeness (QED) is 0.280. The SMILES string of the molecule is CC(C)Cn1c(SCCCc2nc(-c3cccs3)no2)nnc1-c1ccco1. The zero-order chi connectivity index (χ0) is 19.3. The van der Waals surface area contributed by atoms with Crippen molar-refractivity contribution in [1.82, 2.24) is 24.9 Å². The van der Waals surface area contributed by atoms with Crippen LogP contribution in [0, 0.1) is 5.92 Å². The van der Waals surface area contributed by atoms with Crippen molar-refractivity contribution in [2.24, 2.45) is 5.92 Å². The molecule has 0 fully saturated rings. The molecule has 28 heavy (non-hydrogen) atoms. The first kappa shape index (κ1) is 18.9. The molecule has 4 rings (SSSR count). The number of thiophene rings is 1. The Morgan fingerprint density at radius 3 is 2.89 bits per heavy atom. The molecule has 0 aliphatic carbocycles. The number of hydrogen-bond donors (Lipinski definition) is 0. The molecule has 0 amide bonds. The summed E-state index contributed by atoms with van der Waals surface area (Å²) in [6.45, 7) is 5.21. The summed E-state index contributed by atoms with van der Waals surface area (Å²) in [6, 6.07) is 7.76. The highest BCUT2D eigenvalue weighted by atomic mass is 32.2. The van der Waals surface area contributed by atoms with E-state index in [2.05, 4.69) is 38.8 Å². The van der Waals surface area contributed by atoms with E-state index < -0.39 is 0 Å². The van der Waals surface area contributed by atoms with Gasteiger partial charge in [0.2, 0.25) is 11.7 Å². The molecule has 0 aromatic carbocycles. The highest BCUT2D eigenvalue weighted by molar-refractivity contribution is 7.99. The summed E-state index contributed by atoms with van der Waals surface area (Å²) in [4.78, 5) is 5.49. The Hall–Kier alpha value is -2.39. The lowest BCUT2D eigenvalue weighted by molar-refractivity contribution is 0.378. The molecule has 0 radical (unpaired) electrons.